The smallest absolute Gasteiger partial charge is 0.322 e. The van der Waals surface area contributed by atoms with Crippen molar-refractivity contribution in [1.82, 2.24) is 15.3 Å². The summed E-state index contributed by atoms with van der Waals surface area (Å²) >= 11 is 0.818. The first-order valence-electron chi connectivity index (χ1n) is 9.04. The fourth-order valence-corrected chi connectivity index (χ4v) is 5.22. The van der Waals surface area contributed by atoms with Gasteiger partial charge in [0.25, 0.3) is 0 Å². The second kappa shape index (κ2) is 7.84. The van der Waals surface area contributed by atoms with Crippen LogP contribution < -0.4 is 10.6 Å². The fourth-order valence-electron chi connectivity index (χ4n) is 3.19. The van der Waals surface area contributed by atoms with Crippen LogP contribution in [0, 0.1) is 5.82 Å². The van der Waals surface area contributed by atoms with E-state index in [1.54, 1.807) is 6.07 Å². The van der Waals surface area contributed by atoms with Gasteiger partial charge < -0.3 is 10.6 Å². The molecule has 0 atom stereocenters. The van der Waals surface area contributed by atoms with Gasteiger partial charge in [0.15, 0.2) is 9.84 Å². The first-order valence-corrected chi connectivity index (χ1v) is 11.8. The summed E-state index contributed by atoms with van der Waals surface area (Å²) in [5.74, 6) is -0.812. The van der Waals surface area contributed by atoms with Crippen molar-refractivity contribution >= 4 is 32.8 Å². The number of nitrogens with zero attached hydrogens (tertiary/aromatic N) is 2. The van der Waals surface area contributed by atoms with E-state index in [2.05, 4.69) is 20.6 Å². The molecule has 0 saturated carbocycles. The Hall–Kier alpha value is -2.57. The molecule has 0 fully saturated rings. The fraction of sp³-hybridized carbons (Fsp3) is 0.263. The molecular weight excluding hydrogens is 456 g/mol. The van der Waals surface area contributed by atoms with Gasteiger partial charge in [0.05, 0.1) is 21.2 Å². The predicted octanol–water partition coefficient (Wildman–Crippen LogP) is 4.16. The van der Waals surface area contributed by atoms with Crippen LogP contribution in [0.1, 0.15) is 16.7 Å². The number of thiophene rings is 1. The molecular formula is C19H16F4N4O2S2. The third-order valence-electron chi connectivity index (χ3n) is 4.75. The van der Waals surface area contributed by atoms with E-state index in [4.69, 9.17) is 0 Å². The lowest BCUT2D eigenvalue weighted by molar-refractivity contribution is -0.137. The Morgan fingerprint density at radius 2 is 1.97 bits per heavy atom. The Kier molecular flexibility index (Phi) is 5.48. The number of halogens is 4. The minimum absolute atomic E-state index is 0.00943. The molecule has 0 amide bonds. The minimum atomic E-state index is -4.76. The van der Waals surface area contributed by atoms with Gasteiger partial charge in [0.2, 0.25) is 5.95 Å². The van der Waals surface area contributed by atoms with Gasteiger partial charge in [-0.25, -0.2) is 22.8 Å². The molecule has 1 aromatic carbocycles. The van der Waals surface area contributed by atoms with Crippen molar-refractivity contribution in [3.63, 3.8) is 0 Å². The van der Waals surface area contributed by atoms with Crippen molar-refractivity contribution in [3.05, 3.63) is 52.3 Å². The van der Waals surface area contributed by atoms with Crippen LogP contribution in [0.3, 0.4) is 0 Å². The second-order valence-corrected chi connectivity index (χ2v) is 9.95. The van der Waals surface area contributed by atoms with Crippen molar-refractivity contribution in [1.29, 1.82) is 0 Å². The SMILES string of the molecule is CS(=O)(=O)c1csc(-c2nc(Nc3cc4c(cc3F)CNCC4)ncc2C(F)(F)F)c1. The highest BCUT2D eigenvalue weighted by Crippen LogP contribution is 2.39. The van der Waals surface area contributed by atoms with Crippen molar-refractivity contribution in [2.24, 2.45) is 0 Å². The quantitative estimate of drug-likeness (QED) is 0.555. The van der Waals surface area contributed by atoms with Crippen LogP contribution in [0.2, 0.25) is 0 Å². The van der Waals surface area contributed by atoms with E-state index in [0.29, 0.717) is 19.2 Å². The largest absolute Gasteiger partial charge is 0.420 e. The molecule has 0 aliphatic carbocycles. The zero-order valence-electron chi connectivity index (χ0n) is 16.0. The lowest BCUT2D eigenvalue weighted by atomic mass is 10.00. The monoisotopic (exact) mass is 472 g/mol. The molecule has 0 bridgehead atoms. The number of alkyl halides is 3. The third-order valence-corrected chi connectivity index (χ3v) is 6.93. The molecule has 31 heavy (non-hydrogen) atoms. The Bertz CT molecular complexity index is 1260. The molecule has 2 N–H and O–H groups in total. The number of aromatic nitrogens is 2. The average Bonchev–Trinajstić information content (AvgIpc) is 3.18. The highest BCUT2D eigenvalue weighted by atomic mass is 32.2. The van der Waals surface area contributed by atoms with Crippen LogP contribution in [-0.2, 0) is 29.0 Å². The summed E-state index contributed by atoms with van der Waals surface area (Å²) in [5, 5.41) is 7.03. The summed E-state index contributed by atoms with van der Waals surface area (Å²) in [4.78, 5) is 7.55. The van der Waals surface area contributed by atoms with E-state index >= 15 is 0 Å². The van der Waals surface area contributed by atoms with E-state index in [9.17, 15) is 26.0 Å². The van der Waals surface area contributed by atoms with Crippen LogP contribution in [0.4, 0.5) is 29.2 Å². The Balaban J connectivity index is 1.75. The van der Waals surface area contributed by atoms with Gasteiger partial charge in [-0.3, -0.25) is 0 Å². The predicted molar refractivity (Wildman–Crippen MR) is 109 cm³/mol. The zero-order chi connectivity index (χ0) is 22.4. The van der Waals surface area contributed by atoms with E-state index in [-0.39, 0.29) is 21.4 Å². The first kappa shape index (κ1) is 21.7. The van der Waals surface area contributed by atoms with Crippen molar-refractivity contribution in [2.45, 2.75) is 24.0 Å². The Morgan fingerprint density at radius 1 is 1.19 bits per heavy atom. The number of anilines is 2. The number of benzene rings is 1. The molecule has 6 nitrogen and oxygen atoms in total. The summed E-state index contributed by atoms with van der Waals surface area (Å²) in [6.45, 7) is 1.27. The van der Waals surface area contributed by atoms with Gasteiger partial charge in [-0.15, -0.1) is 11.3 Å². The number of rotatable bonds is 4. The average molecular weight is 472 g/mol. The topological polar surface area (TPSA) is 84.0 Å². The van der Waals surface area contributed by atoms with Gasteiger partial charge in [-0.2, -0.15) is 13.2 Å². The van der Waals surface area contributed by atoms with Crippen LogP contribution in [-0.4, -0.2) is 31.2 Å². The highest BCUT2D eigenvalue weighted by Gasteiger charge is 2.36. The molecule has 0 saturated heterocycles. The maximum absolute atomic E-state index is 14.5. The van der Waals surface area contributed by atoms with Crippen molar-refractivity contribution < 1.29 is 26.0 Å². The first-order chi connectivity index (χ1) is 14.5. The molecule has 4 rings (SSSR count). The standard InChI is InChI=1S/C19H16F4N4O2S2/c1-31(28,29)12-6-16(30-9-12)17-13(19(21,22)23)8-25-18(27-17)26-15-5-10-2-3-24-7-11(10)4-14(15)20/h4-6,8-9,24H,2-3,7H2,1H3,(H,25,26,27). The Morgan fingerprint density at radius 3 is 2.65 bits per heavy atom. The van der Waals surface area contributed by atoms with E-state index in [1.807, 2.05) is 0 Å². The maximum atomic E-state index is 14.5. The van der Waals surface area contributed by atoms with Crippen LogP contribution in [0.5, 0.6) is 0 Å². The molecule has 2 aromatic heterocycles. The van der Waals surface area contributed by atoms with Gasteiger partial charge in [-0.1, -0.05) is 0 Å². The number of hydrogen-bond donors (Lipinski definition) is 2. The summed E-state index contributed by atoms with van der Waals surface area (Å²) in [5.41, 5.74) is 0.194. The number of fused-ring (bicyclic) bond motifs is 1. The summed E-state index contributed by atoms with van der Waals surface area (Å²) in [7, 11) is -3.60. The molecule has 0 unspecified atom stereocenters. The molecule has 12 heteroatoms. The van der Waals surface area contributed by atoms with Gasteiger partial charge in [-0.05, 0) is 42.3 Å². The molecule has 164 valence electrons. The molecule has 3 heterocycles. The normalized spacial score (nSPS) is 14.4. The number of sulfone groups is 1. The molecule has 1 aliphatic rings. The lowest BCUT2D eigenvalue weighted by Crippen LogP contribution is -2.23. The maximum Gasteiger partial charge on any atom is 0.420 e. The highest BCUT2D eigenvalue weighted by molar-refractivity contribution is 7.90. The lowest BCUT2D eigenvalue weighted by Gasteiger charge is -2.19. The third kappa shape index (κ3) is 4.55. The van der Waals surface area contributed by atoms with Crippen molar-refractivity contribution in [3.8, 4) is 10.6 Å². The summed E-state index contributed by atoms with van der Waals surface area (Å²) in [6.07, 6.45) is -2.50. The van der Waals surface area contributed by atoms with Gasteiger partial charge in [0, 0.05) is 24.4 Å². The Labute approximate surface area is 179 Å². The molecule has 0 radical (unpaired) electrons. The number of hydrogen-bond acceptors (Lipinski definition) is 7. The molecule has 0 spiro atoms. The van der Waals surface area contributed by atoms with Gasteiger partial charge in [0.1, 0.15) is 11.4 Å². The van der Waals surface area contributed by atoms with Crippen LogP contribution in [0.25, 0.3) is 10.6 Å². The van der Waals surface area contributed by atoms with E-state index < -0.39 is 33.1 Å². The van der Waals surface area contributed by atoms with Crippen LogP contribution in [0.15, 0.2) is 34.7 Å². The van der Waals surface area contributed by atoms with Gasteiger partial charge >= 0.3 is 6.18 Å². The van der Waals surface area contributed by atoms with Crippen LogP contribution >= 0.6 is 11.3 Å². The zero-order valence-corrected chi connectivity index (χ0v) is 17.7. The molecule has 3 aromatic rings. The minimum Gasteiger partial charge on any atom is -0.322 e. The number of nitrogens with one attached hydrogen (secondary N) is 2. The van der Waals surface area contributed by atoms with E-state index in [0.717, 1.165) is 41.3 Å². The van der Waals surface area contributed by atoms with E-state index in [1.165, 1.54) is 11.4 Å². The molecule has 1 aliphatic heterocycles. The second-order valence-electron chi connectivity index (χ2n) is 7.03. The summed E-state index contributed by atoms with van der Waals surface area (Å²) < 4.78 is 78.4. The summed E-state index contributed by atoms with van der Waals surface area (Å²) in [6, 6.07) is 4.10. The van der Waals surface area contributed by atoms with Crippen molar-refractivity contribution in [2.75, 3.05) is 18.1 Å².